The molecule has 0 saturated carbocycles. The number of carbonyl (C=O) groups is 1. The Kier molecular flexibility index (Phi) is 5.35. The first-order valence-electron chi connectivity index (χ1n) is 8.30. The predicted octanol–water partition coefficient (Wildman–Crippen LogP) is 3.44. The summed E-state index contributed by atoms with van der Waals surface area (Å²) in [6.45, 7) is 0.461. The minimum atomic E-state index is -0.372. The molecule has 0 aliphatic heterocycles. The fourth-order valence-electron chi connectivity index (χ4n) is 2.76. The van der Waals surface area contributed by atoms with E-state index in [1.165, 1.54) is 0 Å². The summed E-state index contributed by atoms with van der Waals surface area (Å²) in [6, 6.07) is 17.2. The number of methoxy groups -OCH3 is 1. The molecule has 1 heterocycles. The van der Waals surface area contributed by atoms with Gasteiger partial charge >= 0.3 is 0 Å². The fraction of sp³-hybridized carbons (Fsp3) is 0.143. The molecular formula is C21H19N3O2. The van der Waals surface area contributed by atoms with Gasteiger partial charge in [-0.05, 0) is 41.8 Å². The molecule has 3 rings (SSSR count). The number of nitrogens with one attached hydrogen (secondary N) is 2. The molecule has 0 spiro atoms. The van der Waals surface area contributed by atoms with Gasteiger partial charge in [-0.3, -0.25) is 4.79 Å². The van der Waals surface area contributed by atoms with Crippen LogP contribution < -0.4 is 10.1 Å². The van der Waals surface area contributed by atoms with E-state index in [1.54, 1.807) is 37.5 Å². The second kappa shape index (κ2) is 8.04. The molecule has 3 aromatic rings. The smallest absolute Gasteiger partial charge is 0.261 e. The lowest BCUT2D eigenvalue weighted by molar-refractivity contribution is -0.117. The second-order valence-corrected chi connectivity index (χ2v) is 5.81. The molecule has 2 N–H and O–H groups in total. The van der Waals surface area contributed by atoms with E-state index in [0.29, 0.717) is 13.0 Å². The van der Waals surface area contributed by atoms with Crippen molar-refractivity contribution in [3.05, 3.63) is 71.4 Å². The third-order valence-electron chi connectivity index (χ3n) is 4.15. The van der Waals surface area contributed by atoms with Crippen molar-refractivity contribution in [1.82, 2.24) is 10.3 Å². The van der Waals surface area contributed by atoms with E-state index in [9.17, 15) is 10.1 Å². The van der Waals surface area contributed by atoms with Crippen LogP contribution in [0.3, 0.4) is 0 Å². The van der Waals surface area contributed by atoms with Gasteiger partial charge in [0.2, 0.25) is 0 Å². The highest BCUT2D eigenvalue weighted by molar-refractivity contribution is 6.01. The standard InChI is InChI=1S/C21H19N3O2/c1-26-18-8-6-15(7-9-18)12-17(13-22)21(25)23-11-10-16-14-24-20-5-3-2-4-19(16)20/h2-9,12,14,24H,10-11H2,1H3,(H,23,25)/b17-12-. The lowest BCUT2D eigenvalue weighted by Crippen LogP contribution is -2.26. The Bertz CT molecular complexity index is 978. The zero-order valence-corrected chi connectivity index (χ0v) is 14.5. The van der Waals surface area contributed by atoms with E-state index in [-0.39, 0.29) is 11.5 Å². The van der Waals surface area contributed by atoms with Crippen molar-refractivity contribution in [2.75, 3.05) is 13.7 Å². The van der Waals surface area contributed by atoms with Gasteiger partial charge in [0.15, 0.2) is 0 Å². The number of nitrogens with zero attached hydrogens (tertiary/aromatic N) is 1. The molecule has 2 aromatic carbocycles. The molecule has 0 bridgehead atoms. The Labute approximate surface area is 151 Å². The fourth-order valence-corrected chi connectivity index (χ4v) is 2.76. The lowest BCUT2D eigenvalue weighted by atomic mass is 10.1. The number of carbonyl (C=O) groups excluding carboxylic acids is 1. The molecule has 5 nitrogen and oxygen atoms in total. The summed E-state index contributed by atoms with van der Waals surface area (Å²) < 4.78 is 5.10. The summed E-state index contributed by atoms with van der Waals surface area (Å²) >= 11 is 0. The van der Waals surface area contributed by atoms with Gasteiger partial charge in [0.25, 0.3) is 5.91 Å². The maximum Gasteiger partial charge on any atom is 0.261 e. The number of aromatic nitrogens is 1. The molecule has 1 amide bonds. The van der Waals surface area contributed by atoms with Crippen LogP contribution in [0.5, 0.6) is 5.75 Å². The van der Waals surface area contributed by atoms with Gasteiger partial charge in [0, 0.05) is 23.6 Å². The number of aromatic amines is 1. The SMILES string of the molecule is COc1ccc(/C=C(/C#N)C(=O)NCCc2c[nH]c3ccccc23)cc1. The number of H-pyrrole nitrogens is 1. The molecule has 0 radical (unpaired) electrons. The van der Waals surface area contributed by atoms with E-state index in [2.05, 4.69) is 10.3 Å². The molecule has 1 aromatic heterocycles. The van der Waals surface area contributed by atoms with Crippen molar-refractivity contribution < 1.29 is 9.53 Å². The van der Waals surface area contributed by atoms with Crippen LogP contribution >= 0.6 is 0 Å². The molecule has 26 heavy (non-hydrogen) atoms. The minimum Gasteiger partial charge on any atom is -0.497 e. The third-order valence-corrected chi connectivity index (χ3v) is 4.15. The third kappa shape index (κ3) is 3.93. The zero-order valence-electron chi connectivity index (χ0n) is 14.5. The van der Waals surface area contributed by atoms with Crippen LogP contribution in [-0.2, 0) is 11.2 Å². The van der Waals surface area contributed by atoms with Gasteiger partial charge in [-0.15, -0.1) is 0 Å². The summed E-state index contributed by atoms with van der Waals surface area (Å²) in [6.07, 6.45) is 4.21. The number of benzene rings is 2. The van der Waals surface area contributed by atoms with Crippen molar-refractivity contribution >= 4 is 22.9 Å². The van der Waals surface area contributed by atoms with Crippen molar-refractivity contribution in [2.24, 2.45) is 0 Å². The number of hydrogen-bond acceptors (Lipinski definition) is 3. The van der Waals surface area contributed by atoms with Crippen LogP contribution in [0.2, 0.25) is 0 Å². The summed E-state index contributed by atoms with van der Waals surface area (Å²) in [5.74, 6) is 0.354. The minimum absolute atomic E-state index is 0.0779. The highest BCUT2D eigenvalue weighted by Crippen LogP contribution is 2.18. The molecule has 130 valence electrons. The number of rotatable bonds is 6. The monoisotopic (exact) mass is 345 g/mol. The van der Waals surface area contributed by atoms with E-state index in [1.807, 2.05) is 36.5 Å². The van der Waals surface area contributed by atoms with Crippen molar-refractivity contribution in [1.29, 1.82) is 5.26 Å². The molecule has 0 atom stereocenters. The quantitative estimate of drug-likeness (QED) is 0.531. The average Bonchev–Trinajstić information content (AvgIpc) is 3.09. The first kappa shape index (κ1) is 17.3. The Morgan fingerprint density at radius 2 is 2.00 bits per heavy atom. The van der Waals surface area contributed by atoms with Gasteiger partial charge in [0.1, 0.15) is 17.4 Å². The number of hydrogen-bond donors (Lipinski definition) is 2. The van der Waals surface area contributed by atoms with Gasteiger partial charge in [-0.25, -0.2) is 0 Å². The summed E-state index contributed by atoms with van der Waals surface area (Å²) in [5, 5.41) is 13.2. The summed E-state index contributed by atoms with van der Waals surface area (Å²) in [4.78, 5) is 15.5. The Morgan fingerprint density at radius 1 is 1.23 bits per heavy atom. The lowest BCUT2D eigenvalue weighted by Gasteiger charge is -2.04. The maximum absolute atomic E-state index is 12.3. The highest BCUT2D eigenvalue weighted by atomic mass is 16.5. The van der Waals surface area contributed by atoms with Crippen LogP contribution in [-0.4, -0.2) is 24.5 Å². The van der Waals surface area contributed by atoms with Crippen LogP contribution in [0.1, 0.15) is 11.1 Å². The molecule has 0 aliphatic carbocycles. The van der Waals surface area contributed by atoms with Crippen molar-refractivity contribution in [3.8, 4) is 11.8 Å². The topological polar surface area (TPSA) is 77.9 Å². The van der Waals surface area contributed by atoms with E-state index in [0.717, 1.165) is 27.8 Å². The molecular weight excluding hydrogens is 326 g/mol. The Balaban J connectivity index is 1.62. The van der Waals surface area contributed by atoms with Crippen LogP contribution in [0.25, 0.3) is 17.0 Å². The predicted molar refractivity (Wildman–Crippen MR) is 102 cm³/mol. The largest absolute Gasteiger partial charge is 0.497 e. The highest BCUT2D eigenvalue weighted by Gasteiger charge is 2.09. The normalized spacial score (nSPS) is 11.2. The Hall–Kier alpha value is -3.52. The number of ether oxygens (including phenoxy) is 1. The van der Waals surface area contributed by atoms with Gasteiger partial charge < -0.3 is 15.0 Å². The van der Waals surface area contributed by atoms with E-state index >= 15 is 0 Å². The van der Waals surface area contributed by atoms with E-state index in [4.69, 9.17) is 4.74 Å². The first-order valence-corrected chi connectivity index (χ1v) is 8.30. The van der Waals surface area contributed by atoms with Crippen molar-refractivity contribution in [2.45, 2.75) is 6.42 Å². The maximum atomic E-state index is 12.3. The van der Waals surface area contributed by atoms with Crippen LogP contribution in [0, 0.1) is 11.3 Å². The first-order chi connectivity index (χ1) is 12.7. The second-order valence-electron chi connectivity index (χ2n) is 5.81. The molecule has 0 aliphatic rings. The van der Waals surface area contributed by atoms with Gasteiger partial charge in [-0.1, -0.05) is 30.3 Å². The molecule has 0 fully saturated rings. The number of nitriles is 1. The van der Waals surface area contributed by atoms with Gasteiger partial charge in [-0.2, -0.15) is 5.26 Å². The average molecular weight is 345 g/mol. The van der Waals surface area contributed by atoms with Gasteiger partial charge in [0.05, 0.1) is 7.11 Å². The molecule has 5 heteroatoms. The molecule has 0 unspecified atom stereocenters. The van der Waals surface area contributed by atoms with E-state index < -0.39 is 0 Å². The molecule has 0 saturated heterocycles. The number of fused-ring (bicyclic) bond motifs is 1. The zero-order chi connectivity index (χ0) is 18.4. The number of para-hydroxylation sites is 1. The number of amides is 1. The Morgan fingerprint density at radius 3 is 2.73 bits per heavy atom. The van der Waals surface area contributed by atoms with Crippen molar-refractivity contribution in [3.63, 3.8) is 0 Å². The summed E-state index contributed by atoms with van der Waals surface area (Å²) in [7, 11) is 1.59. The van der Waals surface area contributed by atoms with Crippen LogP contribution in [0.15, 0.2) is 60.3 Å². The van der Waals surface area contributed by atoms with Crippen LogP contribution in [0.4, 0.5) is 0 Å². The summed E-state index contributed by atoms with van der Waals surface area (Å²) in [5.41, 5.74) is 3.06.